The maximum Gasteiger partial charge on any atom is 0.108 e. The summed E-state index contributed by atoms with van der Waals surface area (Å²) in [4.78, 5) is 0. The summed E-state index contributed by atoms with van der Waals surface area (Å²) >= 11 is 0. The van der Waals surface area contributed by atoms with Crippen LogP contribution in [-0.2, 0) is 0 Å². The van der Waals surface area contributed by atoms with Crippen molar-refractivity contribution in [1.82, 2.24) is 0 Å². The minimum Gasteiger partial charge on any atom is -0.116 e. The first-order valence-corrected chi connectivity index (χ1v) is 4.35. The van der Waals surface area contributed by atoms with Crippen molar-refractivity contribution in [3.63, 3.8) is 0 Å². The zero-order valence-corrected chi connectivity index (χ0v) is 8.44. The van der Waals surface area contributed by atoms with Crippen molar-refractivity contribution < 1.29 is 0 Å². The SMILES string of the molecule is [B]C(=CC(C)CC)C(C)(C)C. The normalized spacial score (nSPS) is 16.6. The quantitative estimate of drug-likeness (QED) is 0.530. The minimum atomic E-state index is 0.128. The molecule has 0 spiro atoms. The van der Waals surface area contributed by atoms with E-state index in [1.165, 1.54) is 0 Å². The molecule has 0 amide bonds. The minimum absolute atomic E-state index is 0.128. The fraction of sp³-hybridized carbons (Fsp3) is 0.800. The van der Waals surface area contributed by atoms with Crippen LogP contribution in [0.3, 0.4) is 0 Å². The maximum absolute atomic E-state index is 5.89. The molecule has 0 aliphatic carbocycles. The van der Waals surface area contributed by atoms with Crippen molar-refractivity contribution in [3.05, 3.63) is 11.5 Å². The average Bonchev–Trinajstić information content (AvgIpc) is 1.85. The van der Waals surface area contributed by atoms with Crippen molar-refractivity contribution in [1.29, 1.82) is 0 Å². The van der Waals surface area contributed by atoms with Gasteiger partial charge in [0.1, 0.15) is 7.85 Å². The Morgan fingerprint density at radius 2 is 1.91 bits per heavy atom. The first-order chi connectivity index (χ1) is 4.88. The van der Waals surface area contributed by atoms with Gasteiger partial charge < -0.3 is 0 Å². The molecule has 1 atom stereocenters. The molecule has 0 saturated heterocycles. The molecule has 1 heteroatoms. The van der Waals surface area contributed by atoms with Crippen LogP contribution in [0.25, 0.3) is 0 Å². The van der Waals surface area contributed by atoms with Crippen LogP contribution in [0.15, 0.2) is 11.5 Å². The van der Waals surface area contributed by atoms with Gasteiger partial charge in [0.05, 0.1) is 0 Å². The highest BCUT2D eigenvalue weighted by Gasteiger charge is 2.11. The molecule has 0 rings (SSSR count). The summed E-state index contributed by atoms with van der Waals surface area (Å²) in [6.45, 7) is 10.8. The van der Waals surface area contributed by atoms with Gasteiger partial charge in [-0.25, -0.2) is 0 Å². The highest BCUT2D eigenvalue weighted by Crippen LogP contribution is 2.23. The molecule has 0 nitrogen and oxygen atoms in total. The van der Waals surface area contributed by atoms with E-state index in [4.69, 9.17) is 7.85 Å². The maximum atomic E-state index is 5.89. The Bertz CT molecular complexity index is 139. The summed E-state index contributed by atoms with van der Waals surface area (Å²) < 4.78 is 0. The van der Waals surface area contributed by atoms with Crippen LogP contribution >= 0.6 is 0 Å². The molecule has 0 aromatic rings. The Morgan fingerprint density at radius 3 is 2.18 bits per heavy atom. The Hall–Kier alpha value is -0.195. The fourth-order valence-electron chi connectivity index (χ4n) is 0.674. The predicted molar refractivity (Wildman–Crippen MR) is 52.7 cm³/mol. The van der Waals surface area contributed by atoms with Gasteiger partial charge in [-0.3, -0.25) is 0 Å². The van der Waals surface area contributed by atoms with E-state index in [1.807, 2.05) is 0 Å². The van der Waals surface area contributed by atoms with Crippen LogP contribution < -0.4 is 0 Å². The summed E-state index contributed by atoms with van der Waals surface area (Å²) in [5, 5.41) is 0. The lowest BCUT2D eigenvalue weighted by atomic mass is 9.73. The third-order valence-corrected chi connectivity index (χ3v) is 1.97. The van der Waals surface area contributed by atoms with Crippen molar-refractivity contribution in [2.24, 2.45) is 11.3 Å². The molecule has 1 unspecified atom stereocenters. The van der Waals surface area contributed by atoms with Crippen molar-refractivity contribution >= 4 is 7.85 Å². The molecule has 0 aliphatic heterocycles. The van der Waals surface area contributed by atoms with Crippen molar-refractivity contribution in [2.45, 2.75) is 41.0 Å². The second-order valence-electron chi connectivity index (χ2n) is 4.26. The molecule has 0 fully saturated rings. The lowest BCUT2D eigenvalue weighted by Crippen LogP contribution is -2.10. The molecule has 0 heterocycles. The molecule has 0 saturated carbocycles. The Labute approximate surface area is 72.5 Å². The number of hydrogen-bond donors (Lipinski definition) is 0. The van der Waals surface area contributed by atoms with Crippen LogP contribution in [0, 0.1) is 11.3 Å². The number of hydrogen-bond acceptors (Lipinski definition) is 0. The van der Waals surface area contributed by atoms with E-state index in [0.717, 1.165) is 11.9 Å². The van der Waals surface area contributed by atoms with Crippen LogP contribution in [0.4, 0.5) is 0 Å². The monoisotopic (exact) mass is 150 g/mol. The van der Waals surface area contributed by atoms with E-state index < -0.39 is 0 Å². The highest BCUT2D eigenvalue weighted by atomic mass is 14.1. The van der Waals surface area contributed by atoms with Gasteiger partial charge in [-0.2, -0.15) is 0 Å². The Morgan fingerprint density at radius 1 is 1.45 bits per heavy atom. The smallest absolute Gasteiger partial charge is 0.108 e. The lowest BCUT2D eigenvalue weighted by molar-refractivity contribution is 0.521. The highest BCUT2D eigenvalue weighted by molar-refractivity contribution is 6.22. The van der Waals surface area contributed by atoms with Gasteiger partial charge in [0, 0.05) is 0 Å². The molecule has 11 heavy (non-hydrogen) atoms. The van der Waals surface area contributed by atoms with Crippen LogP contribution in [0.5, 0.6) is 0 Å². The molecular formula is C10H19B. The average molecular weight is 150 g/mol. The fourth-order valence-corrected chi connectivity index (χ4v) is 0.674. The molecule has 2 radical (unpaired) electrons. The number of rotatable bonds is 2. The van der Waals surface area contributed by atoms with Crippen LogP contribution in [0.1, 0.15) is 41.0 Å². The van der Waals surface area contributed by atoms with E-state index in [1.54, 1.807) is 0 Å². The molecule has 0 bridgehead atoms. The van der Waals surface area contributed by atoms with Crippen LogP contribution in [-0.4, -0.2) is 7.85 Å². The molecule has 0 aliphatic rings. The van der Waals surface area contributed by atoms with E-state index in [9.17, 15) is 0 Å². The predicted octanol–water partition coefficient (Wildman–Crippen LogP) is 3.13. The zero-order chi connectivity index (χ0) is 9.07. The van der Waals surface area contributed by atoms with Crippen molar-refractivity contribution in [2.75, 3.05) is 0 Å². The van der Waals surface area contributed by atoms with Gasteiger partial charge >= 0.3 is 0 Å². The van der Waals surface area contributed by atoms with E-state index in [-0.39, 0.29) is 5.41 Å². The van der Waals surface area contributed by atoms with E-state index >= 15 is 0 Å². The van der Waals surface area contributed by atoms with Gasteiger partial charge in [-0.1, -0.05) is 47.1 Å². The topological polar surface area (TPSA) is 0 Å². The second-order valence-corrected chi connectivity index (χ2v) is 4.26. The largest absolute Gasteiger partial charge is 0.116 e. The third kappa shape index (κ3) is 4.29. The summed E-state index contributed by atoms with van der Waals surface area (Å²) in [6.07, 6.45) is 3.33. The molecular weight excluding hydrogens is 131 g/mol. The Kier molecular flexibility index (Phi) is 3.92. The molecule has 0 N–H and O–H groups in total. The molecule has 0 aromatic heterocycles. The molecule has 62 valence electrons. The standard InChI is InChI=1S/C10H19B/c1-6-8(2)7-9(11)10(3,4)5/h7-8H,6H2,1-5H3. The molecule has 0 aromatic carbocycles. The van der Waals surface area contributed by atoms with Gasteiger partial charge in [-0.15, -0.1) is 5.47 Å². The second kappa shape index (κ2) is 3.99. The summed E-state index contributed by atoms with van der Waals surface area (Å²) in [5.74, 6) is 0.606. The first kappa shape index (κ1) is 10.8. The van der Waals surface area contributed by atoms with Gasteiger partial charge in [0.25, 0.3) is 0 Å². The zero-order valence-electron chi connectivity index (χ0n) is 8.44. The summed E-state index contributed by atoms with van der Waals surface area (Å²) in [6, 6.07) is 0. The van der Waals surface area contributed by atoms with Gasteiger partial charge in [0.2, 0.25) is 0 Å². The van der Waals surface area contributed by atoms with Crippen molar-refractivity contribution in [3.8, 4) is 0 Å². The van der Waals surface area contributed by atoms with E-state index in [2.05, 4.69) is 40.7 Å². The summed E-state index contributed by atoms with van der Waals surface area (Å²) in [7, 11) is 5.89. The lowest BCUT2D eigenvalue weighted by Gasteiger charge is -2.21. The third-order valence-electron chi connectivity index (χ3n) is 1.97. The first-order valence-electron chi connectivity index (χ1n) is 4.35. The van der Waals surface area contributed by atoms with E-state index in [0.29, 0.717) is 5.92 Å². The van der Waals surface area contributed by atoms with Gasteiger partial charge in [-0.05, 0) is 11.3 Å². The Balaban J connectivity index is 4.22. The van der Waals surface area contributed by atoms with Gasteiger partial charge in [0.15, 0.2) is 0 Å². The van der Waals surface area contributed by atoms with Crippen LogP contribution in [0.2, 0.25) is 0 Å². The number of allylic oxidation sites excluding steroid dienone is 2. The summed E-state index contributed by atoms with van der Waals surface area (Å²) in [5.41, 5.74) is 1.13.